The zero-order valence-corrected chi connectivity index (χ0v) is 20.4. The van der Waals surface area contributed by atoms with Crippen molar-refractivity contribution in [1.29, 1.82) is 0 Å². The maximum atomic E-state index is 12.4. The van der Waals surface area contributed by atoms with E-state index in [4.69, 9.17) is 9.84 Å². The molecule has 188 valence electrons. The van der Waals surface area contributed by atoms with Crippen molar-refractivity contribution in [2.24, 2.45) is 0 Å². The number of hydrogen-bond donors (Lipinski definition) is 2. The molecule has 1 heterocycles. The first-order valence-electron chi connectivity index (χ1n) is 12.1. The number of aliphatic hydroxyl groups is 1. The van der Waals surface area contributed by atoms with Gasteiger partial charge in [-0.3, -0.25) is 19.8 Å². The lowest BCUT2D eigenvalue weighted by Gasteiger charge is -2.23. The van der Waals surface area contributed by atoms with Gasteiger partial charge in [-0.2, -0.15) is 0 Å². The molecule has 0 unspecified atom stereocenters. The number of likely N-dealkylation sites (tertiary alicyclic amines) is 1. The van der Waals surface area contributed by atoms with E-state index in [1.54, 1.807) is 6.07 Å². The molecule has 0 radical (unpaired) electrons. The van der Waals surface area contributed by atoms with Gasteiger partial charge in [0.25, 0.3) is 0 Å². The Morgan fingerprint density at radius 2 is 1.97 bits per heavy atom. The van der Waals surface area contributed by atoms with Crippen molar-refractivity contribution in [3.63, 3.8) is 0 Å². The highest BCUT2D eigenvalue weighted by Gasteiger charge is 2.31. The molecule has 1 fully saturated rings. The Kier molecular flexibility index (Phi) is 8.30. The first-order chi connectivity index (χ1) is 17.5. The van der Waals surface area contributed by atoms with Crippen LogP contribution in [0.25, 0.3) is 11.1 Å². The monoisotopic (exact) mass is 489 g/mol. The molecule has 0 spiro atoms. The lowest BCUT2D eigenvalue weighted by molar-refractivity contribution is -0.386. The van der Waals surface area contributed by atoms with Crippen molar-refractivity contribution in [3.8, 4) is 16.9 Å². The minimum absolute atomic E-state index is 0.0927. The number of carbonyl (C=O) groups is 1. The average Bonchev–Trinajstić information content (AvgIpc) is 3.35. The summed E-state index contributed by atoms with van der Waals surface area (Å²) in [7, 11) is 0. The first-order valence-corrected chi connectivity index (χ1v) is 12.1. The van der Waals surface area contributed by atoms with Gasteiger partial charge in [0.1, 0.15) is 6.61 Å². The largest absolute Gasteiger partial charge is 0.482 e. The van der Waals surface area contributed by atoms with Gasteiger partial charge in [0.2, 0.25) is 5.91 Å². The second kappa shape index (κ2) is 11.8. The van der Waals surface area contributed by atoms with Crippen LogP contribution in [0.3, 0.4) is 0 Å². The summed E-state index contributed by atoms with van der Waals surface area (Å²) in [4.78, 5) is 25.8. The number of aliphatic hydroxyl groups excluding tert-OH is 1. The predicted octanol–water partition coefficient (Wildman–Crippen LogP) is 4.22. The molecule has 0 aromatic heterocycles. The highest BCUT2D eigenvalue weighted by molar-refractivity contribution is 5.82. The summed E-state index contributed by atoms with van der Waals surface area (Å²) in [6, 6.07) is 20.8. The van der Waals surface area contributed by atoms with E-state index in [0.717, 1.165) is 47.2 Å². The molecule has 3 aromatic rings. The molecule has 0 aliphatic carbocycles. The van der Waals surface area contributed by atoms with Crippen LogP contribution in [0.4, 0.5) is 5.69 Å². The Hall–Kier alpha value is -3.75. The summed E-state index contributed by atoms with van der Waals surface area (Å²) < 4.78 is 5.94. The van der Waals surface area contributed by atoms with Crippen molar-refractivity contribution < 1.29 is 19.6 Å². The van der Waals surface area contributed by atoms with E-state index < -0.39 is 4.92 Å². The third-order valence-corrected chi connectivity index (χ3v) is 6.60. The van der Waals surface area contributed by atoms with Gasteiger partial charge in [-0.25, -0.2) is 0 Å². The molecule has 8 heteroatoms. The molecule has 36 heavy (non-hydrogen) atoms. The number of nitro benzene ring substituents is 1. The van der Waals surface area contributed by atoms with Crippen molar-refractivity contribution in [2.75, 3.05) is 19.7 Å². The molecule has 8 nitrogen and oxygen atoms in total. The van der Waals surface area contributed by atoms with Crippen LogP contribution < -0.4 is 10.1 Å². The molecular formula is C28H31N3O5. The summed E-state index contributed by atoms with van der Waals surface area (Å²) in [5.41, 5.74) is 4.90. The Bertz CT molecular complexity index is 1220. The standard InChI is InChI=1S/C28H31N3O5/c1-20-23(9-5-10-24(20)22-7-3-2-4-8-22)19-36-27-13-12-21(17-26(27)31(34)35)18-30-15-6-11-25(30)28(33)29-14-16-32/h2-5,7-10,12-13,17,25,32H,6,11,14-16,18-19H2,1H3,(H,29,33)/t25-/m0/s1. The molecule has 2 N–H and O–H groups in total. The van der Waals surface area contributed by atoms with Crippen LogP contribution in [-0.4, -0.2) is 46.6 Å². The SMILES string of the molecule is Cc1c(COc2ccc(CN3CCC[C@H]3C(=O)NCCO)cc2[N+](=O)[O-])cccc1-c1ccccc1. The molecule has 1 aliphatic rings. The molecule has 4 rings (SSSR count). The van der Waals surface area contributed by atoms with Gasteiger partial charge in [-0.1, -0.05) is 54.6 Å². The van der Waals surface area contributed by atoms with E-state index in [-0.39, 0.29) is 43.1 Å². The molecule has 0 saturated carbocycles. The lowest BCUT2D eigenvalue weighted by Crippen LogP contribution is -2.43. The number of benzene rings is 3. The molecule has 3 aromatic carbocycles. The second-order valence-corrected chi connectivity index (χ2v) is 8.95. The van der Waals surface area contributed by atoms with Crippen LogP contribution in [0.5, 0.6) is 5.75 Å². The van der Waals surface area contributed by atoms with E-state index in [2.05, 4.69) is 23.5 Å². The Labute approximate surface area is 210 Å². The van der Waals surface area contributed by atoms with Crippen molar-refractivity contribution in [1.82, 2.24) is 10.2 Å². The van der Waals surface area contributed by atoms with E-state index in [0.29, 0.717) is 6.54 Å². The Morgan fingerprint density at radius 3 is 2.72 bits per heavy atom. The maximum absolute atomic E-state index is 12.4. The number of carbonyl (C=O) groups excluding carboxylic acids is 1. The van der Waals surface area contributed by atoms with Crippen LogP contribution in [0.15, 0.2) is 66.7 Å². The van der Waals surface area contributed by atoms with Crippen LogP contribution in [-0.2, 0) is 17.9 Å². The average molecular weight is 490 g/mol. The van der Waals surface area contributed by atoms with E-state index in [9.17, 15) is 14.9 Å². The number of amides is 1. The van der Waals surface area contributed by atoms with Gasteiger partial charge in [-0.15, -0.1) is 0 Å². The number of ether oxygens (including phenoxy) is 1. The fourth-order valence-corrected chi connectivity index (χ4v) is 4.70. The van der Waals surface area contributed by atoms with Crippen LogP contribution in [0.2, 0.25) is 0 Å². The third-order valence-electron chi connectivity index (χ3n) is 6.60. The molecule has 1 atom stereocenters. The van der Waals surface area contributed by atoms with Crippen molar-refractivity contribution >= 4 is 11.6 Å². The zero-order chi connectivity index (χ0) is 25.5. The second-order valence-electron chi connectivity index (χ2n) is 8.95. The maximum Gasteiger partial charge on any atom is 0.311 e. The van der Waals surface area contributed by atoms with Crippen molar-refractivity contribution in [3.05, 3.63) is 93.5 Å². The highest BCUT2D eigenvalue weighted by Crippen LogP contribution is 2.32. The summed E-state index contributed by atoms with van der Waals surface area (Å²) in [6.45, 7) is 3.51. The predicted molar refractivity (Wildman–Crippen MR) is 138 cm³/mol. The van der Waals surface area contributed by atoms with Crippen LogP contribution in [0, 0.1) is 17.0 Å². The highest BCUT2D eigenvalue weighted by atomic mass is 16.6. The summed E-state index contributed by atoms with van der Waals surface area (Å²) >= 11 is 0. The minimum atomic E-state index is -0.429. The van der Waals surface area contributed by atoms with Gasteiger partial charge in [0, 0.05) is 19.2 Å². The Morgan fingerprint density at radius 1 is 1.17 bits per heavy atom. The van der Waals surface area contributed by atoms with E-state index in [1.807, 2.05) is 48.2 Å². The summed E-state index contributed by atoms with van der Waals surface area (Å²) in [5.74, 6) is 0.0935. The minimum Gasteiger partial charge on any atom is -0.482 e. The fourth-order valence-electron chi connectivity index (χ4n) is 4.70. The van der Waals surface area contributed by atoms with Gasteiger partial charge < -0.3 is 15.2 Å². The van der Waals surface area contributed by atoms with Gasteiger partial charge in [-0.05, 0) is 60.2 Å². The normalized spacial score (nSPS) is 15.6. The molecule has 0 bridgehead atoms. The van der Waals surface area contributed by atoms with Gasteiger partial charge in [0.15, 0.2) is 5.75 Å². The third kappa shape index (κ3) is 5.90. The number of hydrogen-bond acceptors (Lipinski definition) is 6. The van der Waals surface area contributed by atoms with Crippen LogP contribution in [0.1, 0.15) is 29.5 Å². The van der Waals surface area contributed by atoms with Gasteiger partial charge >= 0.3 is 5.69 Å². The summed E-state index contributed by atoms with van der Waals surface area (Å²) in [6.07, 6.45) is 1.60. The van der Waals surface area contributed by atoms with Gasteiger partial charge in [0.05, 0.1) is 17.6 Å². The number of nitrogens with zero attached hydrogens (tertiary/aromatic N) is 2. The lowest BCUT2D eigenvalue weighted by atomic mass is 9.97. The summed E-state index contributed by atoms with van der Waals surface area (Å²) in [5, 5.41) is 23.5. The molecule has 1 aliphatic heterocycles. The molecule has 1 amide bonds. The fraction of sp³-hybridized carbons (Fsp3) is 0.321. The number of nitrogens with one attached hydrogen (secondary N) is 1. The topological polar surface area (TPSA) is 105 Å². The quantitative estimate of drug-likeness (QED) is 0.326. The molecular weight excluding hydrogens is 458 g/mol. The number of rotatable bonds is 10. The van der Waals surface area contributed by atoms with E-state index >= 15 is 0 Å². The number of nitro groups is 1. The van der Waals surface area contributed by atoms with E-state index in [1.165, 1.54) is 6.07 Å². The Balaban J connectivity index is 1.48. The smallest absolute Gasteiger partial charge is 0.311 e. The van der Waals surface area contributed by atoms with Crippen molar-refractivity contribution in [2.45, 2.75) is 39.0 Å². The first kappa shape index (κ1) is 25.3. The van der Waals surface area contributed by atoms with Crippen LogP contribution >= 0.6 is 0 Å². The zero-order valence-electron chi connectivity index (χ0n) is 20.4. The molecule has 1 saturated heterocycles.